The van der Waals surface area contributed by atoms with E-state index in [1.165, 1.54) is 360 Å². The third kappa shape index (κ3) is 67.6. The molecule has 2 unspecified atom stereocenters. The highest BCUT2D eigenvalue weighted by molar-refractivity contribution is 5.76. The van der Waals surface area contributed by atoms with Crippen molar-refractivity contribution < 1.29 is 24.5 Å². The molecule has 0 saturated carbocycles. The first kappa shape index (κ1) is 79.6. The van der Waals surface area contributed by atoms with Crippen LogP contribution in [-0.2, 0) is 14.3 Å². The van der Waals surface area contributed by atoms with Crippen molar-refractivity contribution in [1.82, 2.24) is 5.32 Å². The number of allylic oxidation sites excluding steroid dienone is 2. The van der Waals surface area contributed by atoms with E-state index < -0.39 is 12.1 Å². The molecule has 0 radical (unpaired) electrons. The molecule has 0 aromatic heterocycles. The van der Waals surface area contributed by atoms with Crippen LogP contribution in [0.3, 0.4) is 0 Å². The van der Waals surface area contributed by atoms with Gasteiger partial charge in [-0.1, -0.05) is 379 Å². The Morgan fingerprint density at radius 3 is 0.877 bits per heavy atom. The van der Waals surface area contributed by atoms with Crippen LogP contribution in [0.25, 0.3) is 0 Å². The van der Waals surface area contributed by atoms with Crippen LogP contribution in [0.5, 0.6) is 0 Å². The van der Waals surface area contributed by atoms with E-state index >= 15 is 0 Å². The Morgan fingerprint density at radius 1 is 0.333 bits per heavy atom. The van der Waals surface area contributed by atoms with Crippen molar-refractivity contribution in [2.45, 2.75) is 443 Å². The fraction of sp³-hybridized carbons (Fsp3) is 0.947. The molecule has 81 heavy (non-hydrogen) atoms. The zero-order valence-electron chi connectivity index (χ0n) is 55.3. The van der Waals surface area contributed by atoms with Crippen molar-refractivity contribution in [3.05, 3.63) is 12.2 Å². The minimum Gasteiger partial charge on any atom is -0.466 e. The Labute approximate surface area is 508 Å². The monoisotopic (exact) mass is 1140 g/mol. The normalized spacial score (nSPS) is 12.5. The van der Waals surface area contributed by atoms with Crippen LogP contribution in [0.15, 0.2) is 12.2 Å². The Kier molecular flexibility index (Phi) is 69.9. The Balaban J connectivity index is 3.37. The summed E-state index contributed by atoms with van der Waals surface area (Å²) in [6.07, 6.45) is 88.5. The molecule has 0 aliphatic heterocycles. The summed E-state index contributed by atoms with van der Waals surface area (Å²) in [4.78, 5) is 24.6. The lowest BCUT2D eigenvalue weighted by atomic mass is 10.0. The van der Waals surface area contributed by atoms with Gasteiger partial charge in [-0.3, -0.25) is 9.59 Å². The molecule has 6 heteroatoms. The first-order chi connectivity index (χ1) is 40.0. The molecule has 0 aromatic rings. The predicted molar refractivity (Wildman–Crippen MR) is 357 cm³/mol. The molecule has 0 bridgehead atoms. The number of esters is 1. The summed E-state index contributed by atoms with van der Waals surface area (Å²) >= 11 is 0. The van der Waals surface area contributed by atoms with Gasteiger partial charge in [0.15, 0.2) is 0 Å². The Hall–Kier alpha value is -1.40. The zero-order valence-corrected chi connectivity index (χ0v) is 55.3. The van der Waals surface area contributed by atoms with Crippen molar-refractivity contribution in [3.8, 4) is 0 Å². The highest BCUT2D eigenvalue weighted by Gasteiger charge is 2.20. The molecule has 2 atom stereocenters. The number of aliphatic hydroxyl groups is 2. The van der Waals surface area contributed by atoms with Gasteiger partial charge in [0, 0.05) is 12.8 Å². The number of unbranched alkanes of at least 4 members (excludes halogenated alkanes) is 58. The van der Waals surface area contributed by atoms with Gasteiger partial charge in [0.2, 0.25) is 5.91 Å². The fourth-order valence-electron chi connectivity index (χ4n) is 12.1. The average Bonchev–Trinajstić information content (AvgIpc) is 3.47. The number of carbonyl (C=O) groups excluding carboxylic acids is 2. The number of hydrogen-bond donors (Lipinski definition) is 3. The number of nitrogens with one attached hydrogen (secondary N) is 1. The first-order valence-electron chi connectivity index (χ1n) is 37.4. The van der Waals surface area contributed by atoms with Crippen molar-refractivity contribution in [1.29, 1.82) is 0 Å². The van der Waals surface area contributed by atoms with Crippen molar-refractivity contribution >= 4 is 11.9 Å². The van der Waals surface area contributed by atoms with Gasteiger partial charge in [-0.2, -0.15) is 0 Å². The molecule has 3 N–H and O–H groups in total. The molecule has 0 aromatic carbocycles. The number of hydrogen-bond acceptors (Lipinski definition) is 5. The molecule has 1 amide bonds. The van der Waals surface area contributed by atoms with Crippen molar-refractivity contribution in [3.63, 3.8) is 0 Å². The van der Waals surface area contributed by atoms with Gasteiger partial charge < -0.3 is 20.3 Å². The summed E-state index contributed by atoms with van der Waals surface area (Å²) in [6.45, 7) is 5.01. The lowest BCUT2D eigenvalue weighted by molar-refractivity contribution is -0.143. The summed E-state index contributed by atoms with van der Waals surface area (Å²) in [5.74, 6) is -0.00968. The molecule has 0 rings (SSSR count). The highest BCUT2D eigenvalue weighted by atomic mass is 16.5. The molecule has 0 aliphatic carbocycles. The maximum Gasteiger partial charge on any atom is 0.305 e. The topological polar surface area (TPSA) is 95.9 Å². The first-order valence-corrected chi connectivity index (χ1v) is 37.4. The summed E-state index contributed by atoms with van der Waals surface area (Å²) in [5.41, 5.74) is 0. The van der Waals surface area contributed by atoms with E-state index in [4.69, 9.17) is 4.74 Å². The van der Waals surface area contributed by atoms with E-state index in [1.54, 1.807) is 0 Å². The van der Waals surface area contributed by atoms with Gasteiger partial charge in [-0.05, 0) is 51.4 Å². The third-order valence-electron chi connectivity index (χ3n) is 17.8. The summed E-state index contributed by atoms with van der Waals surface area (Å²) in [7, 11) is 0. The van der Waals surface area contributed by atoms with Crippen LogP contribution in [0.4, 0.5) is 0 Å². The molecular weight excluding hydrogens is 995 g/mol. The summed E-state index contributed by atoms with van der Waals surface area (Å²) in [5, 5.41) is 23.4. The number of ether oxygens (including phenoxy) is 1. The molecule has 0 heterocycles. The van der Waals surface area contributed by atoms with Gasteiger partial charge in [0.1, 0.15) is 0 Å². The molecule has 6 nitrogen and oxygen atoms in total. The lowest BCUT2D eigenvalue weighted by Crippen LogP contribution is -2.45. The van der Waals surface area contributed by atoms with Crippen LogP contribution in [-0.4, -0.2) is 47.4 Å². The molecule has 0 spiro atoms. The molecular formula is C75H147NO5. The van der Waals surface area contributed by atoms with Gasteiger partial charge in [-0.25, -0.2) is 0 Å². The summed E-state index contributed by atoms with van der Waals surface area (Å²) < 4.78 is 5.50. The van der Waals surface area contributed by atoms with Gasteiger partial charge in [0.25, 0.3) is 0 Å². The predicted octanol–water partition coefficient (Wildman–Crippen LogP) is 24.3. The zero-order chi connectivity index (χ0) is 58.5. The van der Waals surface area contributed by atoms with Crippen LogP contribution >= 0.6 is 0 Å². The maximum atomic E-state index is 12.6. The fourth-order valence-corrected chi connectivity index (χ4v) is 12.1. The second-order valence-corrected chi connectivity index (χ2v) is 26.0. The Morgan fingerprint density at radius 2 is 0.580 bits per heavy atom. The second-order valence-electron chi connectivity index (χ2n) is 26.0. The van der Waals surface area contributed by atoms with Gasteiger partial charge in [0.05, 0.1) is 25.4 Å². The van der Waals surface area contributed by atoms with E-state index in [0.717, 1.165) is 38.5 Å². The van der Waals surface area contributed by atoms with Crippen molar-refractivity contribution in [2.75, 3.05) is 13.2 Å². The lowest BCUT2D eigenvalue weighted by Gasteiger charge is -2.22. The van der Waals surface area contributed by atoms with Gasteiger partial charge in [-0.15, -0.1) is 0 Å². The minimum atomic E-state index is -0.665. The van der Waals surface area contributed by atoms with Gasteiger partial charge >= 0.3 is 5.97 Å². The third-order valence-corrected chi connectivity index (χ3v) is 17.8. The van der Waals surface area contributed by atoms with Crippen LogP contribution < -0.4 is 5.32 Å². The number of aliphatic hydroxyl groups excluding tert-OH is 2. The second kappa shape index (κ2) is 71.1. The van der Waals surface area contributed by atoms with Crippen LogP contribution in [0.1, 0.15) is 431 Å². The van der Waals surface area contributed by atoms with Crippen molar-refractivity contribution in [2.24, 2.45) is 0 Å². The van der Waals surface area contributed by atoms with E-state index in [2.05, 4.69) is 31.3 Å². The van der Waals surface area contributed by atoms with E-state index in [9.17, 15) is 19.8 Å². The van der Waals surface area contributed by atoms with Crippen LogP contribution in [0.2, 0.25) is 0 Å². The molecule has 0 saturated heterocycles. The maximum absolute atomic E-state index is 12.6. The molecule has 482 valence electrons. The number of carbonyl (C=O) groups is 2. The molecule has 0 fully saturated rings. The quantitative estimate of drug-likeness (QED) is 0.0320. The van der Waals surface area contributed by atoms with E-state index in [0.29, 0.717) is 25.9 Å². The average molecular weight is 1140 g/mol. The summed E-state index contributed by atoms with van der Waals surface area (Å²) in [6, 6.07) is -0.542. The largest absolute Gasteiger partial charge is 0.466 e. The Bertz CT molecular complexity index is 1220. The number of amides is 1. The SMILES string of the molecule is CCCCCCCCCCCCCCCCCCCCCCCC(O)C(CO)NC(=O)CCCCCCCCCCCCCC/C=C\CCCCCCCCCCCCCCOC(=O)CCCCCCCCCCCCCCCCC. The minimum absolute atomic E-state index is 0.0200. The molecule has 0 aliphatic rings. The van der Waals surface area contributed by atoms with E-state index in [-0.39, 0.29) is 18.5 Å². The highest BCUT2D eigenvalue weighted by Crippen LogP contribution is 2.20. The smallest absolute Gasteiger partial charge is 0.305 e. The standard InChI is InChI=1S/C75H147NO5/c1-3-5-7-9-11-13-15-17-19-20-21-30-33-36-40-43-47-51-55-59-63-67-73(78)72(71-77)76-74(79)68-64-60-56-52-48-44-41-37-34-31-28-26-24-22-23-25-27-29-32-35-38-42-46-50-54-58-62-66-70-81-75(80)69-65-61-57-53-49-45-39-18-16-14-12-10-8-6-4-2/h22-23,72-73,77-78H,3-21,24-71H2,1-2H3,(H,76,79)/b23-22-. The van der Waals surface area contributed by atoms with Crippen LogP contribution in [0, 0.1) is 0 Å². The number of rotatable bonds is 71. The van der Waals surface area contributed by atoms with E-state index in [1.807, 2.05) is 0 Å².